The second kappa shape index (κ2) is 6.67. The van der Waals surface area contributed by atoms with Crippen LogP contribution in [0.5, 0.6) is 0 Å². The van der Waals surface area contributed by atoms with Crippen LogP contribution in [0.3, 0.4) is 0 Å². The molecule has 0 heterocycles. The standard InChI is InChI=1S/C15H24O/c1-4-7-12-10-11-15(16)14(9-6-3)13(12)8-5-2/h10H,4-9,11H2,1-3H3. The molecule has 0 saturated carbocycles. The fraction of sp³-hybridized carbons (Fsp3) is 0.667. The zero-order chi connectivity index (χ0) is 12.0. The van der Waals surface area contributed by atoms with Gasteiger partial charge in [-0.1, -0.05) is 46.1 Å². The largest absolute Gasteiger partial charge is 0.294 e. The minimum Gasteiger partial charge on any atom is -0.294 e. The molecule has 0 fully saturated rings. The van der Waals surface area contributed by atoms with Gasteiger partial charge in [0.05, 0.1) is 0 Å². The van der Waals surface area contributed by atoms with Crippen LogP contribution in [0.2, 0.25) is 0 Å². The maximum atomic E-state index is 11.9. The van der Waals surface area contributed by atoms with E-state index in [0.717, 1.165) is 37.7 Å². The number of Topliss-reactive ketones (excluding diaryl/α,β-unsaturated/α-hetero) is 1. The average molecular weight is 220 g/mol. The third-order valence-electron chi connectivity index (χ3n) is 3.14. The van der Waals surface area contributed by atoms with Crippen molar-refractivity contribution in [2.45, 2.75) is 65.7 Å². The maximum absolute atomic E-state index is 11.9. The first kappa shape index (κ1) is 13.2. The van der Waals surface area contributed by atoms with E-state index in [1.165, 1.54) is 17.6 Å². The van der Waals surface area contributed by atoms with Gasteiger partial charge in [-0.25, -0.2) is 0 Å². The van der Waals surface area contributed by atoms with Gasteiger partial charge in [-0.2, -0.15) is 0 Å². The molecule has 90 valence electrons. The first-order valence-electron chi connectivity index (χ1n) is 6.69. The Hall–Kier alpha value is -0.850. The second-order valence-corrected chi connectivity index (χ2v) is 4.56. The molecule has 0 saturated heterocycles. The van der Waals surface area contributed by atoms with Crippen molar-refractivity contribution >= 4 is 5.78 Å². The maximum Gasteiger partial charge on any atom is 0.162 e. The molecule has 0 aromatic heterocycles. The van der Waals surface area contributed by atoms with Gasteiger partial charge in [0.25, 0.3) is 0 Å². The average Bonchev–Trinajstić information content (AvgIpc) is 2.27. The van der Waals surface area contributed by atoms with Crippen molar-refractivity contribution in [1.82, 2.24) is 0 Å². The molecule has 0 bridgehead atoms. The fourth-order valence-electron chi connectivity index (χ4n) is 2.45. The highest BCUT2D eigenvalue weighted by Crippen LogP contribution is 2.31. The second-order valence-electron chi connectivity index (χ2n) is 4.56. The van der Waals surface area contributed by atoms with E-state index in [2.05, 4.69) is 26.8 Å². The number of rotatable bonds is 6. The Morgan fingerprint density at radius 2 is 1.50 bits per heavy atom. The number of carbonyl (C=O) groups is 1. The highest BCUT2D eigenvalue weighted by atomic mass is 16.1. The summed E-state index contributed by atoms with van der Waals surface area (Å²) in [6.45, 7) is 6.56. The smallest absolute Gasteiger partial charge is 0.162 e. The van der Waals surface area contributed by atoms with Gasteiger partial charge in [-0.15, -0.1) is 0 Å². The lowest BCUT2D eigenvalue weighted by molar-refractivity contribution is -0.115. The lowest BCUT2D eigenvalue weighted by atomic mass is 9.83. The minimum atomic E-state index is 0.366. The minimum absolute atomic E-state index is 0.366. The summed E-state index contributed by atoms with van der Waals surface area (Å²) in [5.74, 6) is 0.366. The van der Waals surface area contributed by atoms with E-state index in [1.807, 2.05) is 0 Å². The topological polar surface area (TPSA) is 17.1 Å². The molecular weight excluding hydrogens is 196 g/mol. The molecule has 0 aliphatic heterocycles. The molecular formula is C15H24O. The Balaban J connectivity index is 2.99. The summed E-state index contributed by atoms with van der Waals surface area (Å²) >= 11 is 0. The predicted molar refractivity (Wildman–Crippen MR) is 69.5 cm³/mol. The molecule has 1 aliphatic carbocycles. The van der Waals surface area contributed by atoms with Crippen LogP contribution in [-0.2, 0) is 4.79 Å². The molecule has 0 N–H and O–H groups in total. The van der Waals surface area contributed by atoms with E-state index >= 15 is 0 Å². The van der Waals surface area contributed by atoms with Gasteiger partial charge in [0, 0.05) is 6.42 Å². The van der Waals surface area contributed by atoms with E-state index in [0.29, 0.717) is 12.2 Å². The van der Waals surface area contributed by atoms with E-state index in [-0.39, 0.29) is 0 Å². The summed E-state index contributed by atoms with van der Waals surface area (Å²) in [5, 5.41) is 0. The zero-order valence-electron chi connectivity index (χ0n) is 10.9. The Kier molecular flexibility index (Phi) is 5.51. The van der Waals surface area contributed by atoms with Gasteiger partial charge < -0.3 is 0 Å². The summed E-state index contributed by atoms with van der Waals surface area (Å²) in [6.07, 6.45) is 9.36. The van der Waals surface area contributed by atoms with Crippen molar-refractivity contribution in [1.29, 1.82) is 0 Å². The Morgan fingerprint density at radius 3 is 2.06 bits per heavy atom. The third-order valence-corrected chi connectivity index (χ3v) is 3.14. The van der Waals surface area contributed by atoms with E-state index in [4.69, 9.17) is 0 Å². The first-order valence-corrected chi connectivity index (χ1v) is 6.69. The van der Waals surface area contributed by atoms with Crippen LogP contribution >= 0.6 is 0 Å². The van der Waals surface area contributed by atoms with Crippen LogP contribution in [0.1, 0.15) is 65.7 Å². The zero-order valence-corrected chi connectivity index (χ0v) is 10.9. The molecule has 16 heavy (non-hydrogen) atoms. The Morgan fingerprint density at radius 1 is 0.938 bits per heavy atom. The van der Waals surface area contributed by atoms with Crippen LogP contribution in [0, 0.1) is 0 Å². The molecule has 0 radical (unpaired) electrons. The molecule has 1 rings (SSSR count). The molecule has 1 heteroatoms. The van der Waals surface area contributed by atoms with Crippen LogP contribution in [0.15, 0.2) is 22.8 Å². The normalized spacial score (nSPS) is 16.7. The van der Waals surface area contributed by atoms with Crippen molar-refractivity contribution in [3.05, 3.63) is 22.8 Å². The Labute approximate surface area is 99.6 Å². The monoisotopic (exact) mass is 220 g/mol. The lowest BCUT2D eigenvalue weighted by Gasteiger charge is -2.21. The predicted octanol–water partition coefficient (Wildman–Crippen LogP) is 4.58. The number of carbonyl (C=O) groups excluding carboxylic acids is 1. The first-order chi connectivity index (χ1) is 7.74. The van der Waals surface area contributed by atoms with Crippen molar-refractivity contribution in [3.63, 3.8) is 0 Å². The van der Waals surface area contributed by atoms with Gasteiger partial charge in [-0.05, 0) is 36.0 Å². The van der Waals surface area contributed by atoms with E-state index < -0.39 is 0 Å². The molecule has 0 spiro atoms. The van der Waals surface area contributed by atoms with Crippen molar-refractivity contribution in [3.8, 4) is 0 Å². The molecule has 0 atom stereocenters. The van der Waals surface area contributed by atoms with Crippen molar-refractivity contribution in [2.24, 2.45) is 0 Å². The highest BCUT2D eigenvalue weighted by molar-refractivity contribution is 5.99. The van der Waals surface area contributed by atoms with Gasteiger partial charge in [0.15, 0.2) is 5.78 Å². The summed E-state index contributed by atoms with van der Waals surface area (Å²) in [6, 6.07) is 0. The van der Waals surface area contributed by atoms with E-state index in [9.17, 15) is 4.79 Å². The third kappa shape index (κ3) is 3.07. The summed E-state index contributed by atoms with van der Waals surface area (Å²) in [5.41, 5.74) is 3.96. The summed E-state index contributed by atoms with van der Waals surface area (Å²) in [7, 11) is 0. The van der Waals surface area contributed by atoms with E-state index in [1.54, 1.807) is 0 Å². The molecule has 1 aliphatic rings. The molecule has 0 amide bonds. The van der Waals surface area contributed by atoms with Crippen LogP contribution in [0.4, 0.5) is 0 Å². The molecule has 0 unspecified atom stereocenters. The number of hydrogen-bond acceptors (Lipinski definition) is 1. The lowest BCUT2D eigenvalue weighted by Crippen LogP contribution is -2.12. The van der Waals surface area contributed by atoms with Gasteiger partial charge >= 0.3 is 0 Å². The van der Waals surface area contributed by atoms with Gasteiger partial charge in [0.1, 0.15) is 0 Å². The number of ketones is 1. The fourth-order valence-corrected chi connectivity index (χ4v) is 2.45. The molecule has 1 nitrogen and oxygen atoms in total. The molecule has 0 aromatic carbocycles. The summed E-state index contributed by atoms with van der Waals surface area (Å²) < 4.78 is 0. The van der Waals surface area contributed by atoms with Crippen molar-refractivity contribution < 1.29 is 4.79 Å². The van der Waals surface area contributed by atoms with Crippen molar-refractivity contribution in [2.75, 3.05) is 0 Å². The SMILES string of the molecule is CCCC1=CCC(=O)C(CCC)=C1CCC. The number of hydrogen-bond donors (Lipinski definition) is 0. The molecule has 0 aromatic rings. The number of allylic oxidation sites excluding steroid dienone is 4. The van der Waals surface area contributed by atoms with Crippen LogP contribution in [-0.4, -0.2) is 5.78 Å². The Bertz CT molecular complexity index is 307. The quantitative estimate of drug-likeness (QED) is 0.640. The van der Waals surface area contributed by atoms with Crippen LogP contribution < -0.4 is 0 Å². The van der Waals surface area contributed by atoms with Crippen LogP contribution in [0.25, 0.3) is 0 Å². The summed E-state index contributed by atoms with van der Waals surface area (Å²) in [4.78, 5) is 11.9. The van der Waals surface area contributed by atoms with Gasteiger partial charge in [-0.3, -0.25) is 4.79 Å². The highest BCUT2D eigenvalue weighted by Gasteiger charge is 2.20. The van der Waals surface area contributed by atoms with Gasteiger partial charge in [0.2, 0.25) is 0 Å².